The number of carbonyl (C=O) groups is 2. The Bertz CT molecular complexity index is 1520. The van der Waals surface area contributed by atoms with Gasteiger partial charge in [-0.1, -0.05) is 30.3 Å². The molecule has 1 N–H and O–H groups in total. The first-order valence-corrected chi connectivity index (χ1v) is 16.4. The van der Waals surface area contributed by atoms with E-state index in [9.17, 15) is 18.0 Å². The van der Waals surface area contributed by atoms with Crippen LogP contribution in [0.4, 0.5) is 0 Å². The number of piperidine rings is 1. The predicted molar refractivity (Wildman–Crippen MR) is 161 cm³/mol. The fourth-order valence-electron chi connectivity index (χ4n) is 6.35. The van der Waals surface area contributed by atoms with Gasteiger partial charge < -0.3 is 18.9 Å². The molecule has 226 valence electrons. The summed E-state index contributed by atoms with van der Waals surface area (Å²) in [5.74, 6) is -0.538. The maximum Gasteiger partial charge on any atom is 0.328 e. The van der Waals surface area contributed by atoms with Crippen molar-refractivity contribution in [1.29, 1.82) is 0 Å². The molecule has 2 fully saturated rings. The molecule has 1 saturated carbocycles. The number of aryl methyl sites for hydroxylation is 1. The molecule has 1 aliphatic heterocycles. The lowest BCUT2D eigenvalue weighted by Gasteiger charge is -2.38. The molecule has 2 aliphatic rings. The summed E-state index contributed by atoms with van der Waals surface area (Å²) >= 11 is 0. The van der Waals surface area contributed by atoms with Gasteiger partial charge in [-0.25, -0.2) is 17.9 Å². The quantitative estimate of drug-likeness (QED) is 0.357. The summed E-state index contributed by atoms with van der Waals surface area (Å²) in [5, 5.41) is 0.963. The largest absolute Gasteiger partial charge is 0.464 e. The van der Waals surface area contributed by atoms with Gasteiger partial charge in [-0.05, 0) is 81.2 Å². The number of esters is 1. The molecule has 10 heteroatoms. The molecule has 42 heavy (non-hydrogen) atoms. The van der Waals surface area contributed by atoms with Gasteiger partial charge >= 0.3 is 5.97 Å². The van der Waals surface area contributed by atoms with Gasteiger partial charge in [-0.3, -0.25) is 4.79 Å². The van der Waals surface area contributed by atoms with Crippen LogP contribution in [0.25, 0.3) is 22.2 Å². The Kier molecular flexibility index (Phi) is 9.35. The fraction of sp³-hybridized carbons (Fsp3) is 0.500. The van der Waals surface area contributed by atoms with E-state index in [-0.39, 0.29) is 28.7 Å². The van der Waals surface area contributed by atoms with Crippen molar-refractivity contribution in [2.45, 2.75) is 75.5 Å². The summed E-state index contributed by atoms with van der Waals surface area (Å²) in [6, 6.07) is 14.7. The van der Waals surface area contributed by atoms with Gasteiger partial charge in [-0.15, -0.1) is 0 Å². The summed E-state index contributed by atoms with van der Waals surface area (Å²) in [4.78, 5) is 27.7. The number of aromatic nitrogens is 1. The van der Waals surface area contributed by atoms with Crippen molar-refractivity contribution in [2.24, 2.45) is 13.0 Å². The lowest BCUT2D eigenvalue weighted by molar-refractivity contribution is -0.158. The number of ether oxygens (including phenoxy) is 2. The molecule has 2 aromatic carbocycles. The number of nitrogens with zero attached hydrogens (tertiary/aromatic N) is 2. The SMILES string of the molecule is CCOC(=O)C1CCCCN1C(=O)[C@H]1CC[C@H](NS(=O)(=O)c2ccc3cc(-c4ccc(COC)cc4)n(C)c3c2)CC1. The van der Waals surface area contributed by atoms with Crippen LogP contribution in [-0.4, -0.2) is 62.1 Å². The van der Waals surface area contributed by atoms with E-state index in [0.29, 0.717) is 51.9 Å². The number of nitrogens with one attached hydrogen (secondary N) is 1. The number of sulfonamides is 1. The number of hydrogen-bond donors (Lipinski definition) is 1. The third kappa shape index (κ3) is 6.40. The van der Waals surface area contributed by atoms with E-state index in [1.165, 1.54) is 0 Å². The highest BCUT2D eigenvalue weighted by molar-refractivity contribution is 7.89. The summed E-state index contributed by atoms with van der Waals surface area (Å²) < 4.78 is 42.2. The van der Waals surface area contributed by atoms with E-state index in [1.807, 2.05) is 41.9 Å². The molecule has 9 nitrogen and oxygen atoms in total. The number of benzene rings is 2. The van der Waals surface area contributed by atoms with Crippen LogP contribution in [0.1, 0.15) is 57.4 Å². The molecular formula is C32H41N3O6S. The predicted octanol–water partition coefficient (Wildman–Crippen LogP) is 4.77. The van der Waals surface area contributed by atoms with Crippen LogP contribution in [0.3, 0.4) is 0 Å². The number of hydrogen-bond acceptors (Lipinski definition) is 6. The highest BCUT2D eigenvalue weighted by Crippen LogP contribution is 2.32. The normalized spacial score (nSPS) is 21.4. The van der Waals surface area contributed by atoms with Crippen molar-refractivity contribution in [1.82, 2.24) is 14.2 Å². The average Bonchev–Trinajstić information content (AvgIpc) is 3.33. The number of likely N-dealkylation sites (tertiary alicyclic amines) is 1. The molecule has 3 aromatic rings. The topological polar surface area (TPSA) is 107 Å². The van der Waals surface area contributed by atoms with E-state index in [0.717, 1.165) is 40.6 Å². The Morgan fingerprint density at radius 2 is 1.71 bits per heavy atom. The second kappa shape index (κ2) is 13.0. The summed E-state index contributed by atoms with van der Waals surface area (Å²) in [5.41, 5.74) is 3.96. The van der Waals surface area contributed by atoms with Crippen molar-refractivity contribution < 1.29 is 27.5 Å². The maximum absolute atomic E-state index is 13.4. The smallest absolute Gasteiger partial charge is 0.328 e. The zero-order chi connectivity index (χ0) is 29.9. The minimum absolute atomic E-state index is 0.00707. The Morgan fingerprint density at radius 3 is 2.40 bits per heavy atom. The number of carbonyl (C=O) groups excluding carboxylic acids is 2. The summed E-state index contributed by atoms with van der Waals surface area (Å²) in [6.45, 7) is 3.19. The maximum atomic E-state index is 13.4. The highest BCUT2D eigenvalue weighted by atomic mass is 32.2. The number of fused-ring (bicyclic) bond motifs is 1. The fourth-order valence-corrected chi connectivity index (χ4v) is 7.68. The molecule has 0 spiro atoms. The molecule has 1 atom stereocenters. The second-order valence-electron chi connectivity index (χ2n) is 11.4. The Morgan fingerprint density at radius 1 is 0.976 bits per heavy atom. The molecule has 1 amide bonds. The van der Waals surface area contributed by atoms with Crippen LogP contribution in [0.5, 0.6) is 0 Å². The van der Waals surface area contributed by atoms with E-state index in [1.54, 1.807) is 31.1 Å². The molecule has 1 unspecified atom stereocenters. The zero-order valence-corrected chi connectivity index (χ0v) is 25.5. The molecule has 2 heterocycles. The molecule has 5 rings (SSSR count). The number of methoxy groups -OCH3 is 1. The third-order valence-corrected chi connectivity index (χ3v) is 10.1. The van der Waals surface area contributed by atoms with E-state index < -0.39 is 16.1 Å². The van der Waals surface area contributed by atoms with Crippen LogP contribution in [-0.2, 0) is 42.7 Å². The summed E-state index contributed by atoms with van der Waals surface area (Å²) in [6.07, 6.45) is 4.73. The van der Waals surface area contributed by atoms with Gasteiger partial charge in [0.15, 0.2) is 0 Å². The lowest BCUT2D eigenvalue weighted by atomic mass is 9.84. The molecule has 1 aliphatic carbocycles. The van der Waals surface area contributed by atoms with Crippen LogP contribution in [0.15, 0.2) is 53.4 Å². The van der Waals surface area contributed by atoms with Crippen molar-refractivity contribution in [3.05, 3.63) is 54.1 Å². The van der Waals surface area contributed by atoms with E-state index >= 15 is 0 Å². The Hall–Kier alpha value is -3.21. The Labute approximate surface area is 248 Å². The van der Waals surface area contributed by atoms with Crippen molar-refractivity contribution in [3.8, 4) is 11.3 Å². The lowest BCUT2D eigenvalue weighted by Crippen LogP contribution is -2.51. The van der Waals surface area contributed by atoms with Gasteiger partial charge in [0.1, 0.15) is 6.04 Å². The van der Waals surface area contributed by atoms with Gasteiger partial charge in [0.25, 0.3) is 0 Å². The van der Waals surface area contributed by atoms with Crippen LogP contribution in [0.2, 0.25) is 0 Å². The summed E-state index contributed by atoms with van der Waals surface area (Å²) in [7, 11) is -0.141. The van der Waals surface area contributed by atoms with Gasteiger partial charge in [0.2, 0.25) is 15.9 Å². The minimum Gasteiger partial charge on any atom is -0.464 e. The number of amides is 1. The standard InChI is InChI=1S/C32H41N3O6S/c1-4-41-32(37)28-7-5-6-18-35(28)31(36)24-12-15-26(16-13-24)33-42(38,39)27-17-14-25-19-29(34(2)30(25)20-27)23-10-8-22(9-11-23)21-40-3/h8-11,14,17,19-20,24,26,28,33H,4-7,12-13,15-16,18,21H2,1-3H3/t24-,26-,28?. The van der Waals surface area contributed by atoms with Crippen LogP contribution < -0.4 is 4.72 Å². The zero-order valence-electron chi connectivity index (χ0n) is 24.7. The van der Waals surface area contributed by atoms with Gasteiger partial charge in [-0.2, -0.15) is 0 Å². The van der Waals surface area contributed by atoms with E-state index in [2.05, 4.69) is 10.8 Å². The molecule has 1 saturated heterocycles. The second-order valence-corrected chi connectivity index (χ2v) is 13.1. The molecular weight excluding hydrogens is 554 g/mol. The number of rotatable bonds is 9. The molecule has 1 aromatic heterocycles. The Balaban J connectivity index is 1.24. The van der Waals surface area contributed by atoms with Gasteiger partial charge in [0.05, 0.1) is 18.1 Å². The average molecular weight is 596 g/mol. The molecule has 0 bridgehead atoms. The minimum atomic E-state index is -3.75. The molecule has 0 radical (unpaired) electrons. The van der Waals surface area contributed by atoms with Crippen molar-refractivity contribution in [3.63, 3.8) is 0 Å². The highest BCUT2D eigenvalue weighted by Gasteiger charge is 2.38. The first-order chi connectivity index (χ1) is 20.2. The third-order valence-electron chi connectivity index (χ3n) is 8.63. The first-order valence-electron chi connectivity index (χ1n) is 14.9. The van der Waals surface area contributed by atoms with Gasteiger partial charge in [0, 0.05) is 49.3 Å². The van der Waals surface area contributed by atoms with Crippen molar-refractivity contribution >= 4 is 32.8 Å². The van der Waals surface area contributed by atoms with Crippen LogP contribution in [0, 0.1) is 5.92 Å². The van der Waals surface area contributed by atoms with Crippen LogP contribution >= 0.6 is 0 Å². The monoisotopic (exact) mass is 595 g/mol. The van der Waals surface area contributed by atoms with Crippen molar-refractivity contribution in [2.75, 3.05) is 20.3 Å². The van der Waals surface area contributed by atoms with E-state index in [4.69, 9.17) is 9.47 Å². The first kappa shape index (κ1) is 30.3.